The van der Waals surface area contributed by atoms with Gasteiger partial charge in [0.15, 0.2) is 11.6 Å². The summed E-state index contributed by atoms with van der Waals surface area (Å²) in [6.07, 6.45) is 4.37. The number of halogens is 2. The topological polar surface area (TPSA) is 50.7 Å². The Labute approximate surface area is 145 Å². The van der Waals surface area contributed by atoms with Gasteiger partial charge >= 0.3 is 0 Å². The predicted octanol–water partition coefficient (Wildman–Crippen LogP) is 2.51. The average Bonchev–Trinajstić information content (AvgIpc) is 2.62. The van der Waals surface area contributed by atoms with Gasteiger partial charge in [0.05, 0.1) is 0 Å². The van der Waals surface area contributed by atoms with Crippen molar-refractivity contribution in [3.63, 3.8) is 0 Å². The van der Waals surface area contributed by atoms with E-state index >= 15 is 0 Å². The van der Waals surface area contributed by atoms with Crippen molar-refractivity contribution in [2.45, 2.75) is 12.6 Å². The maximum absolute atomic E-state index is 13.1. The molecule has 132 valence electrons. The van der Waals surface area contributed by atoms with Crippen LogP contribution in [0.4, 0.5) is 8.78 Å². The normalized spacial score (nSPS) is 11.6. The van der Waals surface area contributed by atoms with Crippen molar-refractivity contribution >= 4 is 0 Å². The van der Waals surface area contributed by atoms with Crippen LogP contribution in [0.1, 0.15) is 5.56 Å². The molecule has 1 atom stereocenters. The Morgan fingerprint density at radius 2 is 1.92 bits per heavy atom. The van der Waals surface area contributed by atoms with E-state index in [0.29, 0.717) is 12.3 Å². The van der Waals surface area contributed by atoms with Crippen LogP contribution in [-0.2, 0) is 6.54 Å². The van der Waals surface area contributed by atoms with Crippen molar-refractivity contribution in [1.29, 1.82) is 0 Å². The summed E-state index contributed by atoms with van der Waals surface area (Å²) < 4.78 is 36.6. The van der Waals surface area contributed by atoms with E-state index in [1.165, 1.54) is 6.07 Å². The largest absolute Gasteiger partial charge is 0.491 e. The quantitative estimate of drug-likeness (QED) is 0.685. The zero-order valence-electron chi connectivity index (χ0n) is 13.5. The highest BCUT2D eigenvalue weighted by Gasteiger charge is 2.08. The highest BCUT2D eigenvalue weighted by molar-refractivity contribution is 5.33. The first-order chi connectivity index (χ1) is 12.1. The van der Waals surface area contributed by atoms with E-state index in [1.54, 1.807) is 0 Å². The van der Waals surface area contributed by atoms with Gasteiger partial charge in [0.1, 0.15) is 30.8 Å². The molecule has 0 aliphatic carbocycles. The molecular weight excluding hydrogens is 328 g/mol. The summed E-state index contributed by atoms with van der Waals surface area (Å²) in [5, 5.41) is 13.0. The van der Waals surface area contributed by atoms with E-state index in [9.17, 15) is 13.9 Å². The van der Waals surface area contributed by atoms with Gasteiger partial charge in [-0.05, 0) is 18.2 Å². The number of ether oxygens (including phenoxy) is 2. The van der Waals surface area contributed by atoms with Crippen LogP contribution in [0.5, 0.6) is 11.5 Å². The summed E-state index contributed by atoms with van der Waals surface area (Å²) in [6.45, 7) is 0.866. The summed E-state index contributed by atoms with van der Waals surface area (Å²) >= 11 is 0. The SMILES string of the molecule is C#CCOc1ccccc1CNCC(O)COc1ccc(F)c(F)c1. The molecule has 0 saturated heterocycles. The van der Waals surface area contributed by atoms with Crippen LogP contribution < -0.4 is 14.8 Å². The number of hydrogen-bond donors (Lipinski definition) is 2. The Morgan fingerprint density at radius 1 is 1.12 bits per heavy atom. The monoisotopic (exact) mass is 347 g/mol. The van der Waals surface area contributed by atoms with Crippen molar-refractivity contribution < 1.29 is 23.4 Å². The van der Waals surface area contributed by atoms with Gasteiger partial charge in [0.25, 0.3) is 0 Å². The van der Waals surface area contributed by atoms with Gasteiger partial charge in [0, 0.05) is 24.7 Å². The van der Waals surface area contributed by atoms with Crippen LogP contribution in [0.25, 0.3) is 0 Å². The van der Waals surface area contributed by atoms with Crippen LogP contribution in [0.15, 0.2) is 42.5 Å². The van der Waals surface area contributed by atoms with Crippen LogP contribution in [0, 0.1) is 24.0 Å². The molecule has 2 aromatic rings. The molecule has 0 radical (unpaired) electrons. The van der Waals surface area contributed by atoms with Gasteiger partial charge in [-0.15, -0.1) is 6.42 Å². The molecule has 1 unspecified atom stereocenters. The van der Waals surface area contributed by atoms with E-state index in [-0.39, 0.29) is 25.5 Å². The van der Waals surface area contributed by atoms with Gasteiger partial charge in [-0.2, -0.15) is 0 Å². The third-order valence-corrected chi connectivity index (χ3v) is 3.31. The Bertz CT molecular complexity index is 731. The summed E-state index contributed by atoms with van der Waals surface area (Å²) in [4.78, 5) is 0. The maximum atomic E-state index is 13.1. The van der Waals surface area contributed by atoms with Crippen molar-refractivity contribution in [2.75, 3.05) is 19.8 Å². The second-order valence-electron chi connectivity index (χ2n) is 5.27. The van der Waals surface area contributed by atoms with Crippen molar-refractivity contribution in [3.8, 4) is 23.8 Å². The van der Waals surface area contributed by atoms with Crippen LogP contribution in [-0.4, -0.2) is 31.0 Å². The fourth-order valence-electron chi connectivity index (χ4n) is 2.10. The minimum atomic E-state index is -0.992. The molecule has 2 N–H and O–H groups in total. The molecule has 0 heterocycles. The Hall–Kier alpha value is -2.62. The molecule has 0 saturated carbocycles. The third kappa shape index (κ3) is 6.07. The first-order valence-electron chi connectivity index (χ1n) is 7.71. The highest BCUT2D eigenvalue weighted by Crippen LogP contribution is 2.18. The lowest BCUT2D eigenvalue weighted by molar-refractivity contribution is 0.106. The highest BCUT2D eigenvalue weighted by atomic mass is 19.2. The number of terminal acetylenes is 1. The molecule has 0 bridgehead atoms. The van der Waals surface area contributed by atoms with Gasteiger partial charge in [-0.1, -0.05) is 24.1 Å². The molecule has 6 heteroatoms. The molecule has 25 heavy (non-hydrogen) atoms. The lowest BCUT2D eigenvalue weighted by Gasteiger charge is -2.14. The number of nitrogens with one attached hydrogen (secondary N) is 1. The lowest BCUT2D eigenvalue weighted by atomic mass is 10.2. The van der Waals surface area contributed by atoms with Crippen molar-refractivity contribution in [1.82, 2.24) is 5.32 Å². The minimum absolute atomic E-state index is 0.0483. The van der Waals surface area contributed by atoms with Crippen LogP contribution in [0.2, 0.25) is 0 Å². The summed E-state index contributed by atoms with van der Waals surface area (Å²) in [7, 11) is 0. The molecule has 0 spiro atoms. The number of aliphatic hydroxyl groups excluding tert-OH is 1. The Balaban J connectivity index is 1.76. The smallest absolute Gasteiger partial charge is 0.162 e. The van der Waals surface area contributed by atoms with Gasteiger partial charge in [-0.25, -0.2) is 8.78 Å². The standard InChI is InChI=1S/C19H19F2NO3/c1-2-9-24-19-6-4-3-5-14(19)11-22-12-15(23)13-25-16-7-8-17(20)18(21)10-16/h1,3-8,10,15,22-23H,9,11-13H2. The van der Waals surface area contributed by atoms with E-state index in [0.717, 1.165) is 17.7 Å². The zero-order valence-corrected chi connectivity index (χ0v) is 13.5. The predicted molar refractivity (Wildman–Crippen MR) is 90.3 cm³/mol. The van der Waals surface area contributed by atoms with E-state index in [2.05, 4.69) is 11.2 Å². The van der Waals surface area contributed by atoms with Gasteiger partial charge in [0.2, 0.25) is 0 Å². The number of para-hydroxylation sites is 1. The third-order valence-electron chi connectivity index (χ3n) is 3.31. The second kappa shape index (κ2) is 9.62. The zero-order chi connectivity index (χ0) is 18.1. The average molecular weight is 347 g/mol. The molecule has 0 fully saturated rings. The molecule has 0 aliphatic heterocycles. The number of benzene rings is 2. The second-order valence-corrected chi connectivity index (χ2v) is 5.27. The number of hydrogen-bond acceptors (Lipinski definition) is 4. The van der Waals surface area contributed by atoms with Gasteiger partial charge < -0.3 is 19.9 Å². The fraction of sp³-hybridized carbons (Fsp3) is 0.263. The summed E-state index contributed by atoms with van der Waals surface area (Å²) in [6, 6.07) is 10.6. The summed E-state index contributed by atoms with van der Waals surface area (Å²) in [5.41, 5.74) is 0.909. The van der Waals surface area contributed by atoms with Crippen LogP contribution in [0.3, 0.4) is 0 Å². The first-order valence-corrected chi connectivity index (χ1v) is 7.71. The maximum Gasteiger partial charge on any atom is 0.162 e. The van der Waals surface area contributed by atoms with Crippen LogP contribution >= 0.6 is 0 Å². The molecule has 2 aromatic carbocycles. The Kier molecular flexibility index (Phi) is 7.20. The minimum Gasteiger partial charge on any atom is -0.491 e. The molecule has 0 aromatic heterocycles. The molecule has 4 nitrogen and oxygen atoms in total. The van der Waals surface area contributed by atoms with Crippen molar-refractivity contribution in [2.24, 2.45) is 0 Å². The molecule has 0 aliphatic rings. The van der Waals surface area contributed by atoms with E-state index in [1.807, 2.05) is 24.3 Å². The molecular formula is C19H19F2NO3. The Morgan fingerprint density at radius 3 is 2.68 bits per heavy atom. The lowest BCUT2D eigenvalue weighted by Crippen LogP contribution is -2.31. The fourth-order valence-corrected chi connectivity index (χ4v) is 2.10. The number of aliphatic hydroxyl groups is 1. The summed E-state index contributed by atoms with van der Waals surface area (Å²) in [5.74, 6) is 1.31. The molecule has 2 rings (SSSR count). The van der Waals surface area contributed by atoms with E-state index in [4.69, 9.17) is 15.9 Å². The first kappa shape index (κ1) is 18.7. The van der Waals surface area contributed by atoms with Crippen molar-refractivity contribution in [3.05, 3.63) is 59.7 Å². The molecule has 0 amide bonds. The number of rotatable bonds is 9. The van der Waals surface area contributed by atoms with Gasteiger partial charge in [-0.3, -0.25) is 0 Å². The van der Waals surface area contributed by atoms with E-state index < -0.39 is 17.7 Å².